The maximum atomic E-state index is 12.4. The number of benzene rings is 2. The molecule has 2 aromatic rings. The van der Waals surface area contributed by atoms with Gasteiger partial charge in [0.1, 0.15) is 5.75 Å². The number of carbonyl (C=O) groups excluding carboxylic acids is 1. The third kappa shape index (κ3) is 4.85. The van der Waals surface area contributed by atoms with Crippen LogP contribution in [0.4, 0.5) is 0 Å². The maximum absolute atomic E-state index is 12.4. The van der Waals surface area contributed by atoms with Crippen molar-refractivity contribution >= 4 is 5.91 Å². The summed E-state index contributed by atoms with van der Waals surface area (Å²) in [5.41, 5.74) is 2.93. The summed E-state index contributed by atoms with van der Waals surface area (Å²) in [5.74, 6) is 1.51. The summed E-state index contributed by atoms with van der Waals surface area (Å²) in [4.78, 5) is 14.9. The molecule has 4 nitrogen and oxygen atoms in total. The smallest absolute Gasteiger partial charge is 0.251 e. The summed E-state index contributed by atoms with van der Waals surface area (Å²) in [5, 5.41) is 2.97. The highest BCUT2D eigenvalue weighted by Crippen LogP contribution is 2.19. The summed E-state index contributed by atoms with van der Waals surface area (Å²) >= 11 is 0. The highest BCUT2D eigenvalue weighted by Gasteiger charge is 2.16. The topological polar surface area (TPSA) is 41.6 Å². The lowest BCUT2D eigenvalue weighted by Gasteiger charge is -2.30. The number of methoxy groups -OCH3 is 1. The van der Waals surface area contributed by atoms with E-state index in [9.17, 15) is 4.79 Å². The molecule has 138 valence electrons. The normalized spacial score (nSPS) is 17.7. The van der Waals surface area contributed by atoms with Gasteiger partial charge in [-0.3, -0.25) is 9.69 Å². The van der Waals surface area contributed by atoms with E-state index in [1.807, 2.05) is 36.4 Å². The second kappa shape index (κ2) is 8.86. The van der Waals surface area contributed by atoms with Gasteiger partial charge in [0.2, 0.25) is 0 Å². The Hall–Kier alpha value is -2.33. The number of carbonyl (C=O) groups is 1. The average molecular weight is 352 g/mol. The van der Waals surface area contributed by atoms with Gasteiger partial charge in [-0.1, -0.05) is 37.3 Å². The summed E-state index contributed by atoms with van der Waals surface area (Å²) in [6.07, 6.45) is 2.62. The molecule has 2 aromatic carbocycles. The van der Waals surface area contributed by atoms with Crippen LogP contribution in [0, 0.1) is 5.92 Å². The molecule has 4 heteroatoms. The van der Waals surface area contributed by atoms with Gasteiger partial charge in [0.15, 0.2) is 0 Å². The molecular formula is C22H28N2O2. The SMILES string of the molecule is COc1ccccc1CNC(=O)c1ccc(CN2CCCC(C)C2)cc1. The number of amides is 1. The Morgan fingerprint density at radius 2 is 1.96 bits per heavy atom. The molecule has 1 amide bonds. The molecule has 1 unspecified atom stereocenters. The van der Waals surface area contributed by atoms with E-state index in [-0.39, 0.29) is 5.91 Å². The zero-order valence-electron chi connectivity index (χ0n) is 15.7. The number of para-hydroxylation sites is 1. The highest BCUT2D eigenvalue weighted by atomic mass is 16.5. The quantitative estimate of drug-likeness (QED) is 0.858. The second-order valence-corrected chi connectivity index (χ2v) is 7.17. The number of hydrogen-bond donors (Lipinski definition) is 1. The first kappa shape index (κ1) is 18.5. The molecule has 1 fully saturated rings. The minimum absolute atomic E-state index is 0.0611. The Morgan fingerprint density at radius 3 is 2.69 bits per heavy atom. The lowest BCUT2D eigenvalue weighted by molar-refractivity contribution is 0.0950. The third-order valence-electron chi connectivity index (χ3n) is 5.00. The molecule has 1 saturated heterocycles. The molecular weight excluding hydrogens is 324 g/mol. The molecule has 1 aliphatic heterocycles. The molecule has 1 heterocycles. The fourth-order valence-electron chi connectivity index (χ4n) is 3.58. The van der Waals surface area contributed by atoms with E-state index in [4.69, 9.17) is 4.74 Å². The Balaban J connectivity index is 1.55. The number of hydrogen-bond acceptors (Lipinski definition) is 3. The Morgan fingerprint density at radius 1 is 1.19 bits per heavy atom. The van der Waals surface area contributed by atoms with Gasteiger partial charge in [-0.05, 0) is 49.1 Å². The van der Waals surface area contributed by atoms with Crippen LogP contribution < -0.4 is 10.1 Å². The fraction of sp³-hybridized carbons (Fsp3) is 0.409. The standard InChI is InChI=1S/C22H28N2O2/c1-17-6-5-13-24(15-17)16-18-9-11-19(12-10-18)22(25)23-14-20-7-3-4-8-21(20)26-2/h3-4,7-12,17H,5-6,13-16H2,1-2H3,(H,23,25). The van der Waals surface area contributed by atoms with Gasteiger partial charge < -0.3 is 10.1 Å². The van der Waals surface area contributed by atoms with E-state index in [1.54, 1.807) is 7.11 Å². The largest absolute Gasteiger partial charge is 0.496 e. The highest BCUT2D eigenvalue weighted by molar-refractivity contribution is 5.94. The van der Waals surface area contributed by atoms with Crippen LogP contribution in [0.2, 0.25) is 0 Å². The van der Waals surface area contributed by atoms with Crippen LogP contribution in [0.1, 0.15) is 41.3 Å². The molecule has 3 rings (SSSR count). The molecule has 0 radical (unpaired) electrons. The molecule has 0 saturated carbocycles. The Kier molecular flexibility index (Phi) is 6.29. The number of nitrogens with one attached hydrogen (secondary N) is 1. The van der Waals surface area contributed by atoms with Gasteiger partial charge in [0, 0.05) is 30.8 Å². The van der Waals surface area contributed by atoms with Crippen LogP contribution in [0.3, 0.4) is 0 Å². The third-order valence-corrected chi connectivity index (χ3v) is 5.00. The first-order valence-electron chi connectivity index (χ1n) is 9.37. The van der Waals surface area contributed by atoms with Crippen LogP contribution in [0.25, 0.3) is 0 Å². The summed E-state index contributed by atoms with van der Waals surface area (Å²) in [6.45, 7) is 6.08. The van der Waals surface area contributed by atoms with Gasteiger partial charge in [0.25, 0.3) is 5.91 Å². The molecule has 0 bridgehead atoms. The van der Waals surface area contributed by atoms with E-state index >= 15 is 0 Å². The molecule has 0 aliphatic carbocycles. The van der Waals surface area contributed by atoms with Crippen molar-refractivity contribution < 1.29 is 9.53 Å². The van der Waals surface area contributed by atoms with Crippen LogP contribution in [-0.2, 0) is 13.1 Å². The van der Waals surface area contributed by atoms with Crippen molar-refractivity contribution in [2.75, 3.05) is 20.2 Å². The van der Waals surface area contributed by atoms with Crippen molar-refractivity contribution in [2.45, 2.75) is 32.9 Å². The minimum atomic E-state index is -0.0611. The molecule has 1 atom stereocenters. The lowest BCUT2D eigenvalue weighted by Crippen LogP contribution is -2.33. The van der Waals surface area contributed by atoms with E-state index in [0.29, 0.717) is 12.1 Å². The van der Waals surface area contributed by atoms with Gasteiger partial charge >= 0.3 is 0 Å². The van der Waals surface area contributed by atoms with Crippen molar-refractivity contribution in [1.82, 2.24) is 10.2 Å². The Labute approximate surface area is 156 Å². The van der Waals surface area contributed by atoms with Gasteiger partial charge in [0.05, 0.1) is 7.11 Å². The summed E-state index contributed by atoms with van der Waals surface area (Å²) in [6, 6.07) is 15.7. The lowest BCUT2D eigenvalue weighted by atomic mass is 9.99. The number of ether oxygens (including phenoxy) is 1. The summed E-state index contributed by atoms with van der Waals surface area (Å²) < 4.78 is 5.32. The van der Waals surface area contributed by atoms with E-state index in [2.05, 4.69) is 29.3 Å². The van der Waals surface area contributed by atoms with E-state index < -0.39 is 0 Å². The monoisotopic (exact) mass is 352 g/mol. The number of rotatable bonds is 6. The Bertz CT molecular complexity index is 727. The van der Waals surface area contributed by atoms with Crippen LogP contribution >= 0.6 is 0 Å². The van der Waals surface area contributed by atoms with Crippen molar-refractivity contribution in [1.29, 1.82) is 0 Å². The molecule has 1 N–H and O–H groups in total. The maximum Gasteiger partial charge on any atom is 0.251 e. The van der Waals surface area contributed by atoms with E-state index in [1.165, 1.54) is 31.5 Å². The number of piperidine rings is 1. The zero-order valence-corrected chi connectivity index (χ0v) is 15.7. The van der Waals surface area contributed by atoms with Crippen LogP contribution in [-0.4, -0.2) is 31.0 Å². The molecule has 1 aliphatic rings. The number of likely N-dealkylation sites (tertiary alicyclic amines) is 1. The fourth-order valence-corrected chi connectivity index (χ4v) is 3.58. The predicted octanol–water partition coefficient (Wildman–Crippen LogP) is 3.86. The minimum Gasteiger partial charge on any atom is -0.496 e. The van der Waals surface area contributed by atoms with E-state index in [0.717, 1.165) is 23.8 Å². The van der Waals surface area contributed by atoms with Gasteiger partial charge in [-0.25, -0.2) is 0 Å². The van der Waals surface area contributed by atoms with Crippen LogP contribution in [0.15, 0.2) is 48.5 Å². The second-order valence-electron chi connectivity index (χ2n) is 7.17. The van der Waals surface area contributed by atoms with Crippen LogP contribution in [0.5, 0.6) is 5.75 Å². The van der Waals surface area contributed by atoms with Crippen molar-refractivity contribution in [3.8, 4) is 5.75 Å². The molecule has 26 heavy (non-hydrogen) atoms. The molecule has 0 spiro atoms. The average Bonchev–Trinajstić information content (AvgIpc) is 2.67. The zero-order chi connectivity index (χ0) is 18.4. The predicted molar refractivity (Wildman–Crippen MR) is 104 cm³/mol. The van der Waals surface area contributed by atoms with Gasteiger partial charge in [-0.15, -0.1) is 0 Å². The van der Waals surface area contributed by atoms with Gasteiger partial charge in [-0.2, -0.15) is 0 Å². The number of nitrogens with zero attached hydrogens (tertiary/aromatic N) is 1. The first-order chi connectivity index (χ1) is 12.7. The summed E-state index contributed by atoms with van der Waals surface area (Å²) in [7, 11) is 1.64. The van der Waals surface area contributed by atoms with Crippen molar-refractivity contribution in [3.63, 3.8) is 0 Å². The molecule has 0 aromatic heterocycles. The van der Waals surface area contributed by atoms with Crippen molar-refractivity contribution in [3.05, 3.63) is 65.2 Å². The van der Waals surface area contributed by atoms with Crippen molar-refractivity contribution in [2.24, 2.45) is 5.92 Å². The first-order valence-corrected chi connectivity index (χ1v) is 9.37.